The van der Waals surface area contributed by atoms with Gasteiger partial charge in [-0.1, -0.05) is 11.8 Å². The summed E-state index contributed by atoms with van der Waals surface area (Å²) in [6.07, 6.45) is 2.18. The summed E-state index contributed by atoms with van der Waals surface area (Å²) < 4.78 is 7.29. The Bertz CT molecular complexity index is 747. The molecule has 2 amide bonds. The van der Waals surface area contributed by atoms with Crippen LogP contribution >= 0.6 is 11.8 Å². The van der Waals surface area contributed by atoms with E-state index in [0.29, 0.717) is 23.9 Å². The zero-order valence-electron chi connectivity index (χ0n) is 16.2. The number of nitrogens with zero attached hydrogens (tertiary/aromatic N) is 4. The number of thioether (sulfide) groups is 1. The highest BCUT2D eigenvalue weighted by molar-refractivity contribution is 7.99. The Morgan fingerprint density at radius 1 is 1.26 bits per heavy atom. The molecule has 0 radical (unpaired) electrons. The van der Waals surface area contributed by atoms with Crippen molar-refractivity contribution in [1.29, 1.82) is 0 Å². The number of aryl methyl sites for hydroxylation is 1. The lowest BCUT2D eigenvalue weighted by Gasteiger charge is -2.30. The molecule has 0 aromatic carbocycles. The molecule has 0 aliphatic rings. The van der Waals surface area contributed by atoms with Crippen LogP contribution < -0.4 is 5.73 Å². The van der Waals surface area contributed by atoms with E-state index in [2.05, 4.69) is 10.2 Å². The van der Waals surface area contributed by atoms with Gasteiger partial charge < -0.3 is 15.1 Å². The van der Waals surface area contributed by atoms with Gasteiger partial charge in [0.25, 0.3) is 0 Å². The van der Waals surface area contributed by atoms with Gasteiger partial charge in [-0.3, -0.25) is 14.2 Å². The minimum Gasteiger partial charge on any atom is -0.467 e. The Hall–Kier alpha value is -2.29. The van der Waals surface area contributed by atoms with Gasteiger partial charge in [-0.2, -0.15) is 0 Å². The van der Waals surface area contributed by atoms with Crippen LogP contribution in [0.25, 0.3) is 0 Å². The lowest BCUT2D eigenvalue weighted by atomic mass is 10.2. The molecule has 0 bridgehead atoms. The SMILES string of the molecule is CC(C)N(C(=O)CSc1nnc(CCC(N)=O)n1Cc1ccco1)C(C)C. The molecule has 0 atom stereocenters. The third kappa shape index (κ3) is 5.85. The molecule has 0 aliphatic carbocycles. The van der Waals surface area contributed by atoms with E-state index in [4.69, 9.17) is 10.2 Å². The molecule has 148 valence electrons. The molecule has 2 N–H and O–H groups in total. The first-order valence-electron chi connectivity index (χ1n) is 8.96. The Labute approximate surface area is 163 Å². The van der Waals surface area contributed by atoms with Crippen LogP contribution in [-0.2, 0) is 22.6 Å². The van der Waals surface area contributed by atoms with Crippen molar-refractivity contribution < 1.29 is 14.0 Å². The van der Waals surface area contributed by atoms with Crippen molar-refractivity contribution >= 4 is 23.6 Å². The van der Waals surface area contributed by atoms with Crippen molar-refractivity contribution in [1.82, 2.24) is 19.7 Å². The monoisotopic (exact) mass is 393 g/mol. The first-order chi connectivity index (χ1) is 12.8. The zero-order valence-corrected chi connectivity index (χ0v) is 17.0. The van der Waals surface area contributed by atoms with E-state index in [-0.39, 0.29) is 30.2 Å². The van der Waals surface area contributed by atoms with Crippen molar-refractivity contribution in [3.05, 3.63) is 30.0 Å². The average molecular weight is 394 g/mol. The van der Waals surface area contributed by atoms with E-state index in [1.165, 1.54) is 11.8 Å². The molecule has 2 heterocycles. The molecule has 2 aromatic rings. The maximum absolute atomic E-state index is 12.6. The summed E-state index contributed by atoms with van der Waals surface area (Å²) in [6.45, 7) is 8.45. The Morgan fingerprint density at radius 2 is 1.96 bits per heavy atom. The number of rotatable bonds is 10. The Morgan fingerprint density at radius 3 is 2.52 bits per heavy atom. The predicted octanol–water partition coefficient (Wildman–Crippen LogP) is 2.07. The van der Waals surface area contributed by atoms with Gasteiger partial charge in [0.15, 0.2) is 5.16 Å². The summed E-state index contributed by atoms with van der Waals surface area (Å²) in [6, 6.07) is 3.93. The van der Waals surface area contributed by atoms with Gasteiger partial charge in [0.2, 0.25) is 11.8 Å². The minimum atomic E-state index is -0.392. The standard InChI is InChI=1S/C18H27N5O3S/c1-12(2)23(13(3)4)17(25)11-27-18-21-20-16(8-7-15(19)24)22(18)10-14-6-5-9-26-14/h5-6,9,12-13H,7-8,10-11H2,1-4H3,(H2,19,24). The molecule has 0 aliphatic heterocycles. The number of hydrogen-bond donors (Lipinski definition) is 1. The van der Waals surface area contributed by atoms with E-state index in [1.807, 2.05) is 49.3 Å². The Kier molecular flexibility index (Phi) is 7.46. The largest absolute Gasteiger partial charge is 0.467 e. The number of aromatic nitrogens is 3. The van der Waals surface area contributed by atoms with Crippen LogP contribution in [0.5, 0.6) is 0 Å². The molecular weight excluding hydrogens is 366 g/mol. The number of nitrogens with two attached hydrogens (primary N) is 1. The van der Waals surface area contributed by atoms with E-state index >= 15 is 0 Å². The van der Waals surface area contributed by atoms with Crippen LogP contribution in [0.3, 0.4) is 0 Å². The molecule has 0 saturated heterocycles. The summed E-state index contributed by atoms with van der Waals surface area (Å²) in [5.74, 6) is 1.31. The first-order valence-corrected chi connectivity index (χ1v) is 9.94. The fourth-order valence-corrected chi connectivity index (χ4v) is 3.76. The molecule has 0 unspecified atom stereocenters. The first kappa shape index (κ1) is 21.0. The molecule has 2 rings (SSSR count). The predicted molar refractivity (Wildman–Crippen MR) is 103 cm³/mol. The second kappa shape index (κ2) is 9.59. The summed E-state index contributed by atoms with van der Waals surface area (Å²) >= 11 is 1.34. The number of carbonyl (C=O) groups is 2. The van der Waals surface area contributed by atoms with Crippen molar-refractivity contribution in [2.24, 2.45) is 5.73 Å². The maximum Gasteiger partial charge on any atom is 0.233 e. The fourth-order valence-electron chi connectivity index (χ4n) is 2.94. The molecule has 27 heavy (non-hydrogen) atoms. The van der Waals surface area contributed by atoms with Crippen LogP contribution in [0.15, 0.2) is 28.0 Å². The molecule has 9 heteroatoms. The number of carbonyl (C=O) groups excluding carboxylic acids is 2. The second-order valence-corrected chi connectivity index (χ2v) is 7.75. The summed E-state index contributed by atoms with van der Waals surface area (Å²) in [5.41, 5.74) is 5.25. The van der Waals surface area contributed by atoms with Crippen molar-refractivity contribution in [3.8, 4) is 0 Å². The third-order valence-corrected chi connectivity index (χ3v) is 4.96. The van der Waals surface area contributed by atoms with Gasteiger partial charge in [-0.15, -0.1) is 10.2 Å². The second-order valence-electron chi connectivity index (χ2n) is 6.81. The third-order valence-electron chi connectivity index (χ3n) is 4.01. The molecule has 8 nitrogen and oxygen atoms in total. The number of amides is 2. The number of furan rings is 1. The smallest absolute Gasteiger partial charge is 0.233 e. The van der Waals surface area contributed by atoms with Gasteiger partial charge >= 0.3 is 0 Å². The highest BCUT2D eigenvalue weighted by Crippen LogP contribution is 2.21. The number of primary amides is 1. The fraction of sp³-hybridized carbons (Fsp3) is 0.556. The van der Waals surface area contributed by atoms with E-state index < -0.39 is 5.91 Å². The van der Waals surface area contributed by atoms with Crippen molar-refractivity contribution in [3.63, 3.8) is 0 Å². The quantitative estimate of drug-likeness (QED) is 0.619. The van der Waals surface area contributed by atoms with Gasteiger partial charge in [-0.25, -0.2) is 0 Å². The normalized spacial score (nSPS) is 11.3. The minimum absolute atomic E-state index is 0.0521. The average Bonchev–Trinajstić information content (AvgIpc) is 3.21. The van der Waals surface area contributed by atoms with Crippen LogP contribution in [0, 0.1) is 0 Å². The van der Waals surface area contributed by atoms with E-state index in [0.717, 1.165) is 5.76 Å². The van der Waals surface area contributed by atoms with Gasteiger partial charge in [0.05, 0.1) is 18.6 Å². The zero-order chi connectivity index (χ0) is 20.0. The van der Waals surface area contributed by atoms with Gasteiger partial charge in [0, 0.05) is 24.9 Å². The van der Waals surface area contributed by atoms with Crippen LogP contribution in [0.2, 0.25) is 0 Å². The maximum atomic E-state index is 12.6. The molecular formula is C18H27N5O3S. The molecule has 0 saturated carbocycles. The van der Waals surface area contributed by atoms with Gasteiger partial charge in [-0.05, 0) is 39.8 Å². The van der Waals surface area contributed by atoms with E-state index in [1.54, 1.807) is 6.26 Å². The van der Waals surface area contributed by atoms with Gasteiger partial charge in [0.1, 0.15) is 11.6 Å². The van der Waals surface area contributed by atoms with Crippen molar-refractivity contribution in [2.45, 2.75) is 64.3 Å². The molecule has 2 aromatic heterocycles. The highest BCUT2D eigenvalue weighted by atomic mass is 32.2. The molecule has 0 fully saturated rings. The highest BCUT2D eigenvalue weighted by Gasteiger charge is 2.22. The topological polar surface area (TPSA) is 107 Å². The van der Waals surface area contributed by atoms with Crippen molar-refractivity contribution in [2.75, 3.05) is 5.75 Å². The van der Waals surface area contributed by atoms with E-state index in [9.17, 15) is 9.59 Å². The lowest BCUT2D eigenvalue weighted by molar-refractivity contribution is -0.131. The summed E-state index contributed by atoms with van der Waals surface area (Å²) in [5, 5.41) is 9.00. The van der Waals surface area contributed by atoms with Crippen LogP contribution in [-0.4, -0.2) is 49.3 Å². The summed E-state index contributed by atoms with van der Waals surface area (Å²) in [7, 11) is 0. The number of hydrogen-bond acceptors (Lipinski definition) is 6. The Balaban J connectivity index is 2.15. The lowest BCUT2D eigenvalue weighted by Crippen LogP contribution is -2.43. The molecule has 0 spiro atoms. The van der Waals surface area contributed by atoms with Crippen LogP contribution in [0.4, 0.5) is 0 Å². The van der Waals surface area contributed by atoms with Crippen LogP contribution in [0.1, 0.15) is 45.7 Å². The summed E-state index contributed by atoms with van der Waals surface area (Å²) in [4.78, 5) is 25.6.